The normalized spacial score (nSPS) is 20.0. The fourth-order valence-corrected chi connectivity index (χ4v) is 9.22. The SMILES string of the molecule is Cc1ccc2c3c(ccc2n1)OC[C@H](CN1CCC(O)CC1)O3.Cc1ccc2c3c(ccc2n1)OC[C@H](CN1CCC(Oc2ccc4c(c2)NC(=O)CO4)CC1)O3.O=C1COc2ccc(O)cc2N1. The molecule has 6 aliphatic rings. The maximum atomic E-state index is 11.6. The summed E-state index contributed by atoms with van der Waals surface area (Å²) < 4.78 is 41.3. The maximum absolute atomic E-state index is 11.6. The summed E-state index contributed by atoms with van der Waals surface area (Å²) in [5, 5.41) is 26.1. The Morgan fingerprint density at radius 3 is 1.65 bits per heavy atom. The number of aliphatic hydroxyl groups excluding tert-OH is 1. The molecule has 2 aromatic heterocycles. The number of rotatable bonds is 6. The molecule has 12 rings (SSSR count). The molecule has 2 amide bonds. The zero-order chi connectivity index (χ0) is 47.4. The first-order valence-electron chi connectivity index (χ1n) is 23.6. The van der Waals surface area contributed by atoms with Gasteiger partial charge in [-0.2, -0.15) is 0 Å². The van der Waals surface area contributed by atoms with E-state index in [9.17, 15) is 14.7 Å². The number of phenols is 1. The number of pyridine rings is 2. The van der Waals surface area contributed by atoms with Crippen LogP contribution in [0, 0.1) is 13.8 Å². The van der Waals surface area contributed by atoms with Gasteiger partial charge in [-0.15, -0.1) is 0 Å². The first kappa shape index (κ1) is 45.7. The van der Waals surface area contributed by atoms with Crippen molar-refractivity contribution >= 4 is 45.0 Å². The molecule has 0 spiro atoms. The Bertz CT molecular complexity index is 2850. The Balaban J connectivity index is 0.000000135. The fourth-order valence-electron chi connectivity index (χ4n) is 9.22. The Morgan fingerprint density at radius 2 is 1.10 bits per heavy atom. The van der Waals surface area contributed by atoms with Gasteiger partial charge in [-0.3, -0.25) is 29.4 Å². The molecule has 0 radical (unpaired) electrons. The summed E-state index contributed by atoms with van der Waals surface area (Å²) in [6.45, 7) is 10.5. The van der Waals surface area contributed by atoms with Crippen molar-refractivity contribution < 1.29 is 53.0 Å². The molecule has 4 aromatic carbocycles. The quantitative estimate of drug-likeness (QED) is 0.143. The molecular formula is C52H56N6O11. The second-order valence-electron chi connectivity index (χ2n) is 18.1. The van der Waals surface area contributed by atoms with E-state index in [0.29, 0.717) is 36.1 Å². The molecule has 2 saturated heterocycles. The first-order chi connectivity index (χ1) is 33.5. The number of carbonyl (C=O) groups excluding carboxylic acids is 2. The number of aromatic nitrogens is 2. The zero-order valence-electron chi connectivity index (χ0n) is 38.6. The van der Waals surface area contributed by atoms with Gasteiger partial charge >= 0.3 is 0 Å². The van der Waals surface area contributed by atoms with Gasteiger partial charge in [-0.05, 0) is 112 Å². The highest BCUT2D eigenvalue weighted by atomic mass is 16.6. The smallest absolute Gasteiger partial charge is 0.262 e. The van der Waals surface area contributed by atoms with E-state index in [1.807, 2.05) is 68.4 Å². The van der Waals surface area contributed by atoms with Crippen LogP contribution in [0.4, 0.5) is 11.4 Å². The predicted molar refractivity (Wildman–Crippen MR) is 257 cm³/mol. The van der Waals surface area contributed by atoms with Crippen LogP contribution in [0.2, 0.25) is 0 Å². The van der Waals surface area contributed by atoms with Crippen molar-refractivity contribution in [2.75, 3.05) is 76.3 Å². The molecule has 0 unspecified atom stereocenters. The minimum atomic E-state index is -0.201. The number of hydrogen-bond acceptors (Lipinski definition) is 15. The summed E-state index contributed by atoms with van der Waals surface area (Å²) in [7, 11) is 0. The monoisotopic (exact) mass is 940 g/mol. The van der Waals surface area contributed by atoms with Crippen molar-refractivity contribution in [3.8, 4) is 46.0 Å². The van der Waals surface area contributed by atoms with Crippen LogP contribution in [0.3, 0.4) is 0 Å². The molecule has 8 heterocycles. The lowest BCUT2D eigenvalue weighted by Crippen LogP contribution is -2.45. The van der Waals surface area contributed by atoms with Gasteiger partial charge in [0.15, 0.2) is 36.2 Å². The van der Waals surface area contributed by atoms with Gasteiger partial charge in [0.05, 0.1) is 28.5 Å². The predicted octanol–water partition coefficient (Wildman–Crippen LogP) is 6.42. The van der Waals surface area contributed by atoms with Crippen molar-refractivity contribution in [3.63, 3.8) is 0 Å². The van der Waals surface area contributed by atoms with E-state index < -0.39 is 0 Å². The highest BCUT2D eigenvalue weighted by Crippen LogP contribution is 2.40. The number of piperidine rings is 2. The van der Waals surface area contributed by atoms with Crippen LogP contribution in [-0.2, 0) is 9.59 Å². The largest absolute Gasteiger partial charge is 0.508 e. The van der Waals surface area contributed by atoms with Crippen molar-refractivity contribution in [3.05, 3.63) is 96.3 Å². The van der Waals surface area contributed by atoms with E-state index in [2.05, 4.69) is 42.5 Å². The number of likely N-dealkylation sites (tertiary alicyclic amines) is 2. The van der Waals surface area contributed by atoms with E-state index in [4.69, 9.17) is 38.3 Å². The van der Waals surface area contributed by atoms with Gasteiger partial charge in [0, 0.05) is 73.6 Å². The summed E-state index contributed by atoms with van der Waals surface area (Å²) >= 11 is 0. The van der Waals surface area contributed by atoms with Crippen LogP contribution in [0.1, 0.15) is 37.1 Å². The number of ether oxygens (including phenoxy) is 7. The van der Waals surface area contributed by atoms with Gasteiger partial charge in [0.25, 0.3) is 11.8 Å². The number of phenolic OH excluding ortho intramolecular Hbond substituents is 1. The molecule has 4 N–H and O–H groups in total. The van der Waals surface area contributed by atoms with Gasteiger partial charge in [-0.25, -0.2) is 0 Å². The molecule has 6 aromatic rings. The molecule has 2 atom stereocenters. The minimum Gasteiger partial charge on any atom is -0.508 e. The van der Waals surface area contributed by atoms with Crippen molar-refractivity contribution in [2.24, 2.45) is 0 Å². The molecule has 2 fully saturated rings. The third kappa shape index (κ3) is 11.0. The highest BCUT2D eigenvalue weighted by Gasteiger charge is 2.30. The van der Waals surface area contributed by atoms with Crippen LogP contribution in [0.25, 0.3) is 21.8 Å². The number of fused-ring (bicyclic) bond motifs is 8. The number of hydrogen-bond donors (Lipinski definition) is 4. The Morgan fingerprint density at radius 1 is 0.609 bits per heavy atom. The van der Waals surface area contributed by atoms with E-state index in [-0.39, 0.29) is 55.2 Å². The molecule has 0 bridgehead atoms. The Labute approximate surface area is 399 Å². The summed E-state index contributed by atoms with van der Waals surface area (Å²) in [5.74, 6) is 4.97. The number of nitrogens with one attached hydrogen (secondary N) is 2. The van der Waals surface area contributed by atoms with Crippen molar-refractivity contribution in [2.45, 2.75) is 63.9 Å². The van der Waals surface area contributed by atoms with Crippen molar-refractivity contribution in [1.82, 2.24) is 19.8 Å². The average Bonchev–Trinajstić information content (AvgIpc) is 3.35. The molecule has 360 valence electrons. The fraction of sp³-hybridized carbons (Fsp3) is 0.385. The zero-order valence-corrected chi connectivity index (χ0v) is 38.6. The first-order valence-corrected chi connectivity index (χ1v) is 23.6. The lowest BCUT2D eigenvalue weighted by atomic mass is 10.1. The van der Waals surface area contributed by atoms with E-state index in [1.54, 1.807) is 6.07 Å². The van der Waals surface area contributed by atoms with E-state index in [0.717, 1.165) is 127 Å². The topological polar surface area (TPSA) is 196 Å². The number of amides is 2. The van der Waals surface area contributed by atoms with E-state index in [1.165, 1.54) is 12.1 Å². The minimum absolute atomic E-state index is 0.0182. The molecular weight excluding hydrogens is 885 g/mol. The van der Waals surface area contributed by atoms with Gasteiger partial charge < -0.3 is 54.0 Å². The second-order valence-corrected chi connectivity index (χ2v) is 18.1. The lowest BCUT2D eigenvalue weighted by Gasteiger charge is -2.36. The Kier molecular flexibility index (Phi) is 13.4. The number of benzene rings is 4. The molecule has 69 heavy (non-hydrogen) atoms. The average molecular weight is 941 g/mol. The van der Waals surface area contributed by atoms with Crippen LogP contribution in [-0.4, -0.2) is 132 Å². The highest BCUT2D eigenvalue weighted by molar-refractivity contribution is 5.96. The number of carbonyl (C=O) groups is 2. The molecule has 0 aliphatic carbocycles. The van der Waals surface area contributed by atoms with Crippen molar-refractivity contribution in [1.29, 1.82) is 0 Å². The Hall–Kier alpha value is -7.08. The number of aryl methyl sites for hydroxylation is 2. The summed E-state index contributed by atoms with van der Waals surface area (Å²) in [5.41, 5.74) is 5.03. The number of aliphatic hydroxyl groups is 1. The molecule has 6 aliphatic heterocycles. The molecule has 17 nitrogen and oxygen atoms in total. The number of nitrogens with zero attached hydrogens (tertiary/aromatic N) is 4. The van der Waals surface area contributed by atoms with Crippen LogP contribution in [0.5, 0.6) is 46.0 Å². The maximum Gasteiger partial charge on any atom is 0.262 e. The van der Waals surface area contributed by atoms with Crippen LogP contribution in [0.15, 0.2) is 84.9 Å². The van der Waals surface area contributed by atoms with E-state index >= 15 is 0 Å². The van der Waals surface area contributed by atoms with Gasteiger partial charge in [0.2, 0.25) is 0 Å². The third-order valence-corrected chi connectivity index (χ3v) is 12.8. The number of anilines is 2. The standard InChI is InChI=1S/C26H27N3O5.C18H22N2O3.C8H7NO3/c1-16-2-4-20-21(27-16)5-7-24-26(20)34-19(14-31-24)13-29-10-8-17(9-11-29)33-18-3-6-23-22(12-18)28-25(30)15-32-23;1-12-2-3-15-16(19-12)4-5-17-18(15)23-14(11-22-17)10-20-8-6-13(21)7-9-20;10-5-1-2-7-6(3-5)9-8(11)4-12-7/h2-7,12,17,19H,8-11,13-15H2,1H3,(H,28,30);2-5,13-14,21H,6-11H2,1H3;1-3,10H,4H2,(H,9,11)/t19-;14-;/m00./s1. The summed E-state index contributed by atoms with van der Waals surface area (Å²) in [6, 6.07) is 26.1. The third-order valence-electron chi connectivity index (χ3n) is 12.8. The lowest BCUT2D eigenvalue weighted by molar-refractivity contribution is -0.119. The van der Waals surface area contributed by atoms with Crippen LogP contribution >= 0.6 is 0 Å². The molecule has 0 saturated carbocycles. The van der Waals surface area contributed by atoms with Gasteiger partial charge in [0.1, 0.15) is 54.5 Å². The summed E-state index contributed by atoms with van der Waals surface area (Å²) in [4.78, 5) is 36.3. The summed E-state index contributed by atoms with van der Waals surface area (Å²) in [6.07, 6.45) is 3.52. The number of aromatic hydroxyl groups is 1. The van der Waals surface area contributed by atoms with Crippen LogP contribution < -0.4 is 43.8 Å². The molecule has 17 heteroatoms. The second kappa shape index (κ2) is 20.3. The van der Waals surface area contributed by atoms with Gasteiger partial charge in [-0.1, -0.05) is 0 Å².